The molecule has 5 rings (SSSR count). The minimum atomic E-state index is -0.358. The molecule has 3 aromatic rings. The number of aromatic nitrogens is 2. The Morgan fingerprint density at radius 2 is 1.95 bits per heavy atom. The molecule has 0 radical (unpaired) electrons. The minimum absolute atomic E-state index is 0.0669. The number of hydrogen-bond acceptors (Lipinski definition) is 8. The number of carbonyl (C=O) groups is 2. The van der Waals surface area contributed by atoms with Gasteiger partial charge in [0.15, 0.2) is 0 Å². The first-order chi connectivity index (χ1) is 18.0. The smallest absolute Gasteiger partial charge is 0.307 e. The van der Waals surface area contributed by atoms with Crippen molar-refractivity contribution in [2.75, 3.05) is 21.3 Å². The molecule has 1 aliphatic heterocycles. The van der Waals surface area contributed by atoms with Crippen LogP contribution in [0, 0.1) is 0 Å². The third kappa shape index (κ3) is 6.06. The number of nitrogens with zero attached hydrogens (tertiary/aromatic N) is 3. The number of urea groups is 1. The fourth-order valence-corrected chi connectivity index (χ4v) is 7.43. The van der Waals surface area contributed by atoms with Gasteiger partial charge in [-0.25, -0.2) is 4.79 Å². The van der Waals surface area contributed by atoms with Crippen molar-refractivity contribution >= 4 is 75.3 Å². The summed E-state index contributed by atoms with van der Waals surface area (Å²) in [5.41, 5.74) is 1.58. The zero-order chi connectivity index (χ0) is 25.8. The van der Waals surface area contributed by atoms with Crippen molar-refractivity contribution < 1.29 is 9.59 Å². The van der Waals surface area contributed by atoms with Crippen LogP contribution in [0.3, 0.4) is 0 Å². The summed E-state index contributed by atoms with van der Waals surface area (Å²) in [6.45, 7) is 3.88. The van der Waals surface area contributed by atoms with Gasteiger partial charge >= 0.3 is 6.03 Å². The first-order valence-electron chi connectivity index (χ1n) is 11.8. The van der Waals surface area contributed by atoms with Gasteiger partial charge in [0.05, 0.1) is 22.2 Å². The Hall–Kier alpha value is -2.73. The lowest BCUT2D eigenvalue weighted by Gasteiger charge is -2.40. The summed E-state index contributed by atoms with van der Waals surface area (Å²) in [7, 11) is 0. The van der Waals surface area contributed by atoms with Crippen molar-refractivity contribution in [3.63, 3.8) is 0 Å². The molecule has 11 heteroatoms. The lowest BCUT2D eigenvalue weighted by molar-refractivity contribution is -0.115. The Morgan fingerprint density at radius 1 is 1.11 bits per heavy atom. The van der Waals surface area contributed by atoms with Crippen molar-refractivity contribution in [1.29, 1.82) is 0 Å². The Labute approximate surface area is 232 Å². The maximum atomic E-state index is 13.5. The number of para-hydroxylation sites is 1. The SMILES string of the molecule is CCSc1nsc(NC(=O)C(C)Sc2cccc(NC(=O)N3c4ccccc4SC4C=CC=CC43)c2)n1. The normalized spacial score (nSPS) is 18.6. The topological polar surface area (TPSA) is 87.2 Å². The second-order valence-corrected chi connectivity index (χ2v) is 12.8. The molecule has 3 atom stereocenters. The molecule has 2 aliphatic rings. The van der Waals surface area contributed by atoms with Gasteiger partial charge in [0, 0.05) is 27.0 Å². The number of hydrogen-bond donors (Lipinski definition) is 2. The molecule has 7 nitrogen and oxygen atoms in total. The number of anilines is 3. The summed E-state index contributed by atoms with van der Waals surface area (Å²) in [4.78, 5) is 34.4. The van der Waals surface area contributed by atoms with E-state index in [4.69, 9.17) is 0 Å². The van der Waals surface area contributed by atoms with E-state index in [1.165, 1.54) is 35.1 Å². The molecule has 190 valence electrons. The highest BCUT2D eigenvalue weighted by Crippen LogP contribution is 2.43. The Kier molecular flexibility index (Phi) is 8.23. The van der Waals surface area contributed by atoms with E-state index in [0.717, 1.165) is 21.2 Å². The summed E-state index contributed by atoms with van der Waals surface area (Å²) < 4.78 is 4.24. The molecular formula is C26H25N5O2S4. The van der Waals surface area contributed by atoms with Crippen molar-refractivity contribution in [2.45, 2.75) is 45.3 Å². The van der Waals surface area contributed by atoms with Gasteiger partial charge < -0.3 is 5.32 Å². The van der Waals surface area contributed by atoms with Gasteiger partial charge in [0.1, 0.15) is 0 Å². The number of nitrogens with one attached hydrogen (secondary N) is 2. The zero-order valence-corrected chi connectivity index (χ0v) is 23.4. The second kappa shape index (κ2) is 11.8. The average molecular weight is 568 g/mol. The molecular weight excluding hydrogens is 543 g/mol. The van der Waals surface area contributed by atoms with Gasteiger partial charge in [-0.1, -0.05) is 61.2 Å². The van der Waals surface area contributed by atoms with Crippen molar-refractivity contribution in [3.8, 4) is 0 Å². The molecule has 1 aromatic heterocycles. The summed E-state index contributed by atoms with van der Waals surface area (Å²) in [6, 6.07) is 15.3. The summed E-state index contributed by atoms with van der Waals surface area (Å²) in [5, 5.41) is 6.90. The van der Waals surface area contributed by atoms with Gasteiger partial charge in [-0.2, -0.15) is 9.36 Å². The molecule has 0 saturated heterocycles. The predicted octanol–water partition coefficient (Wildman–Crippen LogP) is 6.78. The molecule has 0 fully saturated rings. The third-order valence-electron chi connectivity index (χ3n) is 5.64. The Bertz CT molecular complexity index is 1360. The highest BCUT2D eigenvalue weighted by Gasteiger charge is 2.36. The van der Waals surface area contributed by atoms with Crippen LogP contribution in [0.1, 0.15) is 13.8 Å². The molecule has 3 amide bonds. The maximum absolute atomic E-state index is 13.5. The van der Waals surface area contributed by atoms with Gasteiger partial charge in [0.2, 0.25) is 16.2 Å². The number of allylic oxidation sites excluding steroid dienone is 2. The van der Waals surface area contributed by atoms with Gasteiger partial charge in [0.25, 0.3) is 0 Å². The standard InChI is InChI=1S/C26H25N5O2S4/c1-3-34-25-29-24(37-30-25)28-23(32)16(2)35-18-10-8-9-17(15-18)27-26(33)31-19-11-4-6-13-21(19)36-22-14-7-5-12-20(22)31/h4-16,19,21H,3H2,1-2H3,(H,27,33)(H,28,29,30,32). The van der Waals surface area contributed by atoms with Gasteiger partial charge in [-0.15, -0.1) is 23.5 Å². The second-order valence-electron chi connectivity index (χ2n) is 8.20. The lowest BCUT2D eigenvalue weighted by Crippen LogP contribution is -2.49. The molecule has 2 aromatic carbocycles. The molecule has 0 spiro atoms. The number of fused-ring (bicyclic) bond motifs is 2. The largest absolute Gasteiger partial charge is 0.326 e. The quantitative estimate of drug-likeness (QED) is 0.305. The summed E-state index contributed by atoms with van der Waals surface area (Å²) in [6.07, 6.45) is 8.23. The van der Waals surface area contributed by atoms with Crippen molar-refractivity contribution in [3.05, 3.63) is 72.8 Å². The van der Waals surface area contributed by atoms with E-state index < -0.39 is 0 Å². The molecule has 2 N–H and O–H groups in total. The Balaban J connectivity index is 1.26. The molecule has 2 heterocycles. The number of rotatable bonds is 7. The highest BCUT2D eigenvalue weighted by molar-refractivity contribution is 8.00. The van der Waals surface area contributed by atoms with E-state index in [0.29, 0.717) is 16.0 Å². The van der Waals surface area contributed by atoms with Crippen LogP contribution in [0.25, 0.3) is 0 Å². The predicted molar refractivity (Wildman–Crippen MR) is 156 cm³/mol. The Morgan fingerprint density at radius 3 is 2.81 bits per heavy atom. The summed E-state index contributed by atoms with van der Waals surface area (Å²) in [5.74, 6) is 0.732. The van der Waals surface area contributed by atoms with E-state index in [-0.39, 0.29) is 28.5 Å². The van der Waals surface area contributed by atoms with Gasteiger partial charge in [-0.05, 0) is 43.0 Å². The molecule has 1 aliphatic carbocycles. The van der Waals surface area contributed by atoms with Crippen molar-refractivity contribution in [2.24, 2.45) is 0 Å². The fraction of sp³-hybridized carbons (Fsp3) is 0.231. The number of benzene rings is 2. The molecule has 3 unspecified atom stereocenters. The van der Waals surface area contributed by atoms with Crippen LogP contribution < -0.4 is 15.5 Å². The number of amides is 3. The van der Waals surface area contributed by atoms with Crippen LogP contribution in [0.2, 0.25) is 0 Å². The van der Waals surface area contributed by atoms with E-state index >= 15 is 0 Å². The van der Waals surface area contributed by atoms with E-state index in [1.54, 1.807) is 11.8 Å². The van der Waals surface area contributed by atoms with Crippen LogP contribution in [0.4, 0.5) is 21.3 Å². The van der Waals surface area contributed by atoms with Crippen LogP contribution >= 0.6 is 46.8 Å². The number of thioether (sulfide) groups is 3. The minimum Gasteiger partial charge on any atom is -0.307 e. The van der Waals surface area contributed by atoms with Crippen LogP contribution in [-0.2, 0) is 4.79 Å². The van der Waals surface area contributed by atoms with Crippen LogP contribution in [0.5, 0.6) is 0 Å². The zero-order valence-electron chi connectivity index (χ0n) is 20.2. The molecule has 0 saturated carbocycles. The maximum Gasteiger partial charge on any atom is 0.326 e. The highest BCUT2D eigenvalue weighted by atomic mass is 32.2. The van der Waals surface area contributed by atoms with Gasteiger partial charge in [-0.3, -0.25) is 15.0 Å². The number of carbonyl (C=O) groups excluding carboxylic acids is 2. The molecule has 37 heavy (non-hydrogen) atoms. The monoisotopic (exact) mass is 567 g/mol. The average Bonchev–Trinajstić information content (AvgIpc) is 3.34. The van der Waals surface area contributed by atoms with E-state index in [1.807, 2.05) is 73.4 Å². The first-order valence-corrected chi connectivity index (χ1v) is 15.3. The first kappa shape index (κ1) is 25.9. The third-order valence-corrected chi connectivity index (χ3v) is 9.52. The lowest BCUT2D eigenvalue weighted by atomic mass is 10.1. The van der Waals surface area contributed by atoms with E-state index in [9.17, 15) is 9.59 Å². The fourth-order valence-electron chi connectivity index (χ4n) is 3.97. The molecule has 0 bridgehead atoms. The van der Waals surface area contributed by atoms with Crippen LogP contribution in [-0.4, -0.2) is 43.6 Å². The van der Waals surface area contributed by atoms with E-state index in [2.05, 4.69) is 38.2 Å². The van der Waals surface area contributed by atoms with Crippen LogP contribution in [0.15, 0.2) is 87.8 Å². The summed E-state index contributed by atoms with van der Waals surface area (Å²) >= 11 is 5.92. The van der Waals surface area contributed by atoms with Crippen molar-refractivity contribution in [1.82, 2.24) is 9.36 Å².